The van der Waals surface area contributed by atoms with E-state index < -0.39 is 6.10 Å². The number of rotatable bonds is 2. The molecule has 0 aromatic heterocycles. The fraction of sp³-hybridized carbons (Fsp3) is 0.818. The molecule has 2 saturated heterocycles. The number of piperazine rings is 1. The van der Waals surface area contributed by atoms with Gasteiger partial charge in [0, 0.05) is 32.7 Å². The number of carbonyl (C=O) groups is 2. The van der Waals surface area contributed by atoms with Gasteiger partial charge < -0.3 is 20.2 Å². The van der Waals surface area contributed by atoms with Gasteiger partial charge in [0.15, 0.2) is 0 Å². The van der Waals surface area contributed by atoms with Gasteiger partial charge in [0.1, 0.15) is 0 Å². The molecule has 0 bridgehead atoms. The van der Waals surface area contributed by atoms with Gasteiger partial charge in [-0.1, -0.05) is 0 Å². The molecule has 0 spiro atoms. The van der Waals surface area contributed by atoms with Crippen molar-refractivity contribution >= 4 is 12.3 Å². The fourth-order valence-electron chi connectivity index (χ4n) is 2.41. The lowest BCUT2D eigenvalue weighted by Gasteiger charge is -2.37. The van der Waals surface area contributed by atoms with Gasteiger partial charge in [-0.2, -0.15) is 0 Å². The summed E-state index contributed by atoms with van der Waals surface area (Å²) in [5.41, 5.74) is 0. The van der Waals surface area contributed by atoms with Crippen LogP contribution in [0.3, 0.4) is 0 Å². The van der Waals surface area contributed by atoms with Gasteiger partial charge >= 0.3 is 0 Å². The van der Waals surface area contributed by atoms with Crippen LogP contribution in [0.25, 0.3) is 0 Å². The van der Waals surface area contributed by atoms with Crippen molar-refractivity contribution < 1.29 is 14.7 Å². The number of aliphatic hydroxyl groups excluding tert-OH is 1. The van der Waals surface area contributed by atoms with Crippen LogP contribution >= 0.6 is 0 Å². The topological polar surface area (TPSA) is 72.9 Å². The van der Waals surface area contributed by atoms with Crippen LogP contribution in [0.2, 0.25) is 0 Å². The molecule has 6 heteroatoms. The van der Waals surface area contributed by atoms with Crippen molar-refractivity contribution in [2.24, 2.45) is 5.92 Å². The molecule has 2 atom stereocenters. The van der Waals surface area contributed by atoms with Gasteiger partial charge in [0.2, 0.25) is 12.3 Å². The SMILES string of the molecule is O=CN1CCN(C(=O)[C@@H]2CCNC[C@@H]2O)CC1. The lowest BCUT2D eigenvalue weighted by molar-refractivity contribution is -0.143. The molecule has 6 nitrogen and oxygen atoms in total. The Bertz CT molecular complexity index is 290. The zero-order chi connectivity index (χ0) is 12.3. The average Bonchev–Trinajstić information content (AvgIpc) is 2.39. The van der Waals surface area contributed by atoms with Gasteiger partial charge in [-0.3, -0.25) is 9.59 Å². The molecule has 2 amide bonds. The van der Waals surface area contributed by atoms with Crippen molar-refractivity contribution in [3.05, 3.63) is 0 Å². The Balaban J connectivity index is 1.89. The van der Waals surface area contributed by atoms with E-state index in [1.165, 1.54) is 0 Å². The van der Waals surface area contributed by atoms with E-state index in [0.717, 1.165) is 13.0 Å². The molecule has 0 aromatic carbocycles. The van der Waals surface area contributed by atoms with Crippen molar-refractivity contribution in [3.8, 4) is 0 Å². The number of amides is 2. The summed E-state index contributed by atoms with van der Waals surface area (Å²) in [4.78, 5) is 26.2. The van der Waals surface area contributed by atoms with Gasteiger partial charge in [-0.15, -0.1) is 0 Å². The van der Waals surface area contributed by atoms with Crippen LogP contribution in [-0.2, 0) is 9.59 Å². The van der Waals surface area contributed by atoms with E-state index in [9.17, 15) is 14.7 Å². The zero-order valence-corrected chi connectivity index (χ0v) is 9.84. The number of aliphatic hydroxyl groups is 1. The van der Waals surface area contributed by atoms with Crippen molar-refractivity contribution in [1.29, 1.82) is 0 Å². The van der Waals surface area contributed by atoms with Gasteiger partial charge in [0.05, 0.1) is 12.0 Å². The molecule has 17 heavy (non-hydrogen) atoms. The van der Waals surface area contributed by atoms with Crippen LogP contribution in [-0.4, -0.2) is 72.6 Å². The second-order valence-corrected chi connectivity index (χ2v) is 4.63. The normalized spacial score (nSPS) is 30.2. The van der Waals surface area contributed by atoms with E-state index in [-0.39, 0.29) is 11.8 Å². The molecule has 2 aliphatic heterocycles. The van der Waals surface area contributed by atoms with Crippen LogP contribution < -0.4 is 5.32 Å². The Morgan fingerprint density at radius 2 is 2.00 bits per heavy atom. The lowest BCUT2D eigenvalue weighted by Crippen LogP contribution is -2.54. The van der Waals surface area contributed by atoms with Crippen LogP contribution in [0.4, 0.5) is 0 Å². The van der Waals surface area contributed by atoms with E-state index in [4.69, 9.17) is 0 Å². The summed E-state index contributed by atoms with van der Waals surface area (Å²) in [6.45, 7) is 3.61. The molecule has 0 unspecified atom stereocenters. The first-order valence-corrected chi connectivity index (χ1v) is 6.09. The largest absolute Gasteiger partial charge is 0.391 e. The van der Waals surface area contributed by atoms with Crippen molar-refractivity contribution in [3.63, 3.8) is 0 Å². The molecule has 2 heterocycles. The first-order valence-electron chi connectivity index (χ1n) is 6.09. The Hall–Kier alpha value is -1.14. The number of hydrogen-bond acceptors (Lipinski definition) is 4. The quantitative estimate of drug-likeness (QED) is 0.563. The minimum Gasteiger partial charge on any atom is -0.391 e. The molecule has 0 radical (unpaired) electrons. The molecule has 0 aliphatic carbocycles. The third-order valence-electron chi connectivity index (χ3n) is 3.54. The van der Waals surface area contributed by atoms with E-state index in [2.05, 4.69) is 5.32 Å². The predicted octanol–water partition coefficient (Wildman–Crippen LogP) is -1.74. The average molecular weight is 241 g/mol. The van der Waals surface area contributed by atoms with Crippen LogP contribution in [0.15, 0.2) is 0 Å². The summed E-state index contributed by atoms with van der Waals surface area (Å²) in [5, 5.41) is 12.9. The summed E-state index contributed by atoms with van der Waals surface area (Å²) in [7, 11) is 0. The maximum Gasteiger partial charge on any atom is 0.228 e. The molecule has 2 rings (SSSR count). The second kappa shape index (κ2) is 5.46. The van der Waals surface area contributed by atoms with Gasteiger partial charge in [-0.05, 0) is 13.0 Å². The lowest BCUT2D eigenvalue weighted by atomic mass is 9.93. The first-order chi connectivity index (χ1) is 8.22. The number of β-amino-alcohol motifs (C(OH)–C–C–N with tert-alkyl or cyclic N) is 1. The summed E-state index contributed by atoms with van der Waals surface area (Å²) in [6, 6.07) is 0. The smallest absolute Gasteiger partial charge is 0.228 e. The summed E-state index contributed by atoms with van der Waals surface area (Å²) in [6.07, 6.45) is 0.926. The molecule has 96 valence electrons. The van der Waals surface area contributed by atoms with Crippen molar-refractivity contribution in [1.82, 2.24) is 15.1 Å². The Morgan fingerprint density at radius 1 is 1.29 bits per heavy atom. The minimum absolute atomic E-state index is 0.0320. The highest BCUT2D eigenvalue weighted by Gasteiger charge is 2.33. The molecule has 0 aromatic rings. The minimum atomic E-state index is -0.583. The highest BCUT2D eigenvalue weighted by atomic mass is 16.3. The summed E-state index contributed by atoms with van der Waals surface area (Å²) >= 11 is 0. The van der Waals surface area contributed by atoms with E-state index in [0.29, 0.717) is 39.1 Å². The highest BCUT2D eigenvalue weighted by Crippen LogP contribution is 2.17. The van der Waals surface area contributed by atoms with Crippen molar-refractivity contribution in [2.75, 3.05) is 39.3 Å². The third kappa shape index (κ3) is 2.76. The monoisotopic (exact) mass is 241 g/mol. The molecule has 2 fully saturated rings. The second-order valence-electron chi connectivity index (χ2n) is 4.63. The molecule has 0 saturated carbocycles. The summed E-state index contributed by atoms with van der Waals surface area (Å²) in [5.74, 6) is -0.247. The molecule has 2 N–H and O–H groups in total. The van der Waals surface area contributed by atoms with E-state index in [1.807, 2.05) is 0 Å². The maximum atomic E-state index is 12.2. The summed E-state index contributed by atoms with van der Waals surface area (Å²) < 4.78 is 0. The third-order valence-corrected chi connectivity index (χ3v) is 3.54. The Kier molecular flexibility index (Phi) is 3.96. The number of nitrogens with one attached hydrogen (secondary N) is 1. The number of nitrogens with zero attached hydrogens (tertiary/aromatic N) is 2. The van der Waals surface area contributed by atoms with Crippen LogP contribution in [0, 0.1) is 5.92 Å². The number of carbonyl (C=O) groups excluding carboxylic acids is 2. The highest BCUT2D eigenvalue weighted by molar-refractivity contribution is 5.79. The predicted molar refractivity (Wildman–Crippen MR) is 61.2 cm³/mol. The number of piperidine rings is 1. The van der Waals surface area contributed by atoms with Gasteiger partial charge in [0.25, 0.3) is 0 Å². The molecular formula is C11H19N3O3. The van der Waals surface area contributed by atoms with E-state index in [1.54, 1.807) is 9.80 Å². The molecule has 2 aliphatic rings. The number of hydrogen-bond donors (Lipinski definition) is 2. The van der Waals surface area contributed by atoms with Crippen molar-refractivity contribution in [2.45, 2.75) is 12.5 Å². The maximum absolute atomic E-state index is 12.2. The first kappa shape index (κ1) is 12.3. The fourth-order valence-corrected chi connectivity index (χ4v) is 2.41. The molecular weight excluding hydrogens is 222 g/mol. The van der Waals surface area contributed by atoms with E-state index >= 15 is 0 Å². The van der Waals surface area contributed by atoms with Gasteiger partial charge in [-0.25, -0.2) is 0 Å². The standard InChI is InChI=1S/C11H19N3O3/c15-8-13-3-5-14(6-4-13)11(17)9-1-2-12-7-10(9)16/h8-10,12,16H,1-7H2/t9-,10+/m1/s1. The zero-order valence-electron chi connectivity index (χ0n) is 9.84. The van der Waals surface area contributed by atoms with Crippen LogP contribution in [0.1, 0.15) is 6.42 Å². The van der Waals surface area contributed by atoms with Crippen LogP contribution in [0.5, 0.6) is 0 Å². The Labute approximate surface area is 101 Å². The Morgan fingerprint density at radius 3 is 2.59 bits per heavy atom.